The van der Waals surface area contributed by atoms with E-state index in [2.05, 4.69) is 22.5 Å². The number of anilines is 2. The number of amides is 3. The first-order chi connectivity index (χ1) is 17.5. The molecular formula is C27H30N4O4S. The van der Waals surface area contributed by atoms with Gasteiger partial charge in [0.15, 0.2) is 5.13 Å². The average Bonchev–Trinajstić information content (AvgIpc) is 3.57. The average molecular weight is 507 g/mol. The maximum Gasteiger partial charge on any atom is 0.410 e. The van der Waals surface area contributed by atoms with Crippen molar-refractivity contribution in [1.29, 1.82) is 0 Å². The lowest BCUT2D eigenvalue weighted by Crippen LogP contribution is -2.43. The number of likely N-dealkylation sites (tertiary alicyclic amines) is 1. The van der Waals surface area contributed by atoms with Crippen LogP contribution < -0.4 is 10.6 Å². The van der Waals surface area contributed by atoms with Gasteiger partial charge in [-0.3, -0.25) is 14.5 Å². The number of hydrogen-bond acceptors (Lipinski definition) is 6. The molecule has 1 fully saturated rings. The zero-order chi connectivity index (χ0) is 25.3. The van der Waals surface area contributed by atoms with Crippen LogP contribution in [0.5, 0.6) is 0 Å². The van der Waals surface area contributed by atoms with Crippen LogP contribution in [0.3, 0.4) is 0 Å². The molecule has 4 rings (SSSR count). The highest BCUT2D eigenvalue weighted by Crippen LogP contribution is 2.27. The first-order valence-corrected chi connectivity index (χ1v) is 13.1. The third-order valence-corrected chi connectivity index (χ3v) is 6.71. The van der Waals surface area contributed by atoms with Gasteiger partial charge < -0.3 is 15.4 Å². The summed E-state index contributed by atoms with van der Waals surface area (Å²) in [5.41, 5.74) is 3.24. The Bertz CT molecular complexity index is 1180. The Hall–Kier alpha value is -3.72. The number of benzene rings is 2. The largest absolute Gasteiger partial charge is 0.445 e. The van der Waals surface area contributed by atoms with Crippen molar-refractivity contribution in [2.45, 2.75) is 51.7 Å². The van der Waals surface area contributed by atoms with Crippen molar-refractivity contribution in [3.63, 3.8) is 0 Å². The molecule has 9 heteroatoms. The molecule has 0 bridgehead atoms. The van der Waals surface area contributed by atoms with Gasteiger partial charge in [0.25, 0.3) is 0 Å². The molecule has 2 aromatic carbocycles. The highest BCUT2D eigenvalue weighted by Gasteiger charge is 2.35. The number of thiazole rings is 1. The smallest absolute Gasteiger partial charge is 0.410 e. The maximum absolute atomic E-state index is 12.9. The number of nitrogens with zero attached hydrogens (tertiary/aromatic N) is 2. The van der Waals surface area contributed by atoms with Gasteiger partial charge in [-0.1, -0.05) is 55.8 Å². The second-order valence-electron chi connectivity index (χ2n) is 8.65. The molecule has 1 aromatic heterocycles. The van der Waals surface area contributed by atoms with Crippen molar-refractivity contribution in [3.8, 4) is 11.3 Å². The van der Waals surface area contributed by atoms with Gasteiger partial charge in [0.05, 0.1) is 5.69 Å². The molecule has 2 heterocycles. The van der Waals surface area contributed by atoms with Gasteiger partial charge in [0.1, 0.15) is 12.6 Å². The lowest BCUT2D eigenvalue weighted by atomic mass is 10.1. The van der Waals surface area contributed by atoms with Gasteiger partial charge in [-0.15, -0.1) is 11.3 Å². The van der Waals surface area contributed by atoms with Crippen LogP contribution in [-0.2, 0) is 20.9 Å². The molecule has 0 spiro atoms. The van der Waals surface area contributed by atoms with E-state index in [1.807, 2.05) is 60.0 Å². The third kappa shape index (κ3) is 6.69. The molecule has 0 aliphatic carbocycles. The summed E-state index contributed by atoms with van der Waals surface area (Å²) < 4.78 is 5.43. The Labute approximate surface area is 214 Å². The fraction of sp³-hybridized carbons (Fsp3) is 0.333. The Morgan fingerprint density at radius 1 is 1.08 bits per heavy atom. The second kappa shape index (κ2) is 12.3. The number of unbranched alkanes of at least 4 members (excludes halogenated alkanes) is 1. The monoisotopic (exact) mass is 506 g/mol. The highest BCUT2D eigenvalue weighted by atomic mass is 32.1. The number of rotatable bonds is 9. The number of nitrogens with one attached hydrogen (secondary N) is 2. The molecule has 188 valence electrons. The summed E-state index contributed by atoms with van der Waals surface area (Å²) in [5.74, 6) is -0.261. The standard InChI is InChI=1S/C27H30N4O4S/c1-2-3-11-24(32)28-21-14-12-20(13-15-21)22-18-36-26(29-22)30-25(33)23-10-7-16-31(23)27(34)35-17-19-8-5-4-6-9-19/h4-6,8-9,12-15,18,23H,2-3,7,10-11,16-17H2,1H3,(H,28,32)(H,29,30,33). The fourth-order valence-corrected chi connectivity index (χ4v) is 4.72. The summed E-state index contributed by atoms with van der Waals surface area (Å²) in [6, 6.07) is 16.3. The zero-order valence-electron chi connectivity index (χ0n) is 20.2. The maximum atomic E-state index is 12.9. The van der Waals surface area contributed by atoms with Crippen molar-refractivity contribution in [2.75, 3.05) is 17.2 Å². The summed E-state index contributed by atoms with van der Waals surface area (Å²) in [4.78, 5) is 43.5. The summed E-state index contributed by atoms with van der Waals surface area (Å²) in [7, 11) is 0. The summed E-state index contributed by atoms with van der Waals surface area (Å²) >= 11 is 1.33. The van der Waals surface area contributed by atoms with E-state index in [0.717, 1.165) is 41.8 Å². The molecule has 1 aliphatic heterocycles. The minimum absolute atomic E-state index is 0.00756. The van der Waals surface area contributed by atoms with Crippen molar-refractivity contribution >= 4 is 40.1 Å². The SMILES string of the molecule is CCCCC(=O)Nc1ccc(-c2csc(NC(=O)C3CCCN3C(=O)OCc3ccccc3)n2)cc1. The van der Waals surface area contributed by atoms with Crippen LogP contribution in [-0.4, -0.2) is 40.4 Å². The number of hydrogen-bond donors (Lipinski definition) is 2. The van der Waals surface area contributed by atoms with Crippen molar-refractivity contribution < 1.29 is 19.1 Å². The van der Waals surface area contributed by atoms with E-state index >= 15 is 0 Å². The molecule has 1 aliphatic rings. The van der Waals surface area contributed by atoms with Crippen LogP contribution in [0, 0.1) is 0 Å². The van der Waals surface area contributed by atoms with Gasteiger partial charge in [-0.2, -0.15) is 0 Å². The van der Waals surface area contributed by atoms with Crippen molar-refractivity contribution in [3.05, 3.63) is 65.5 Å². The molecule has 1 unspecified atom stereocenters. The van der Waals surface area contributed by atoms with Crippen LogP contribution in [0.15, 0.2) is 60.0 Å². The van der Waals surface area contributed by atoms with Gasteiger partial charge in [-0.25, -0.2) is 9.78 Å². The molecular weight excluding hydrogens is 476 g/mol. The van der Waals surface area contributed by atoms with Crippen LogP contribution in [0.25, 0.3) is 11.3 Å². The zero-order valence-corrected chi connectivity index (χ0v) is 21.1. The Morgan fingerprint density at radius 2 is 1.86 bits per heavy atom. The number of carbonyl (C=O) groups is 3. The summed E-state index contributed by atoms with van der Waals surface area (Å²) in [6.07, 6.45) is 3.19. The van der Waals surface area contributed by atoms with Gasteiger partial charge >= 0.3 is 6.09 Å². The molecule has 0 radical (unpaired) electrons. The predicted molar refractivity (Wildman–Crippen MR) is 141 cm³/mol. The minimum Gasteiger partial charge on any atom is -0.445 e. The molecule has 3 aromatic rings. The molecule has 8 nitrogen and oxygen atoms in total. The lowest BCUT2D eigenvalue weighted by Gasteiger charge is -2.22. The summed E-state index contributed by atoms with van der Waals surface area (Å²) in [6.45, 7) is 2.70. The van der Waals surface area contributed by atoms with Crippen LogP contribution in [0.1, 0.15) is 44.6 Å². The van der Waals surface area contributed by atoms with Crippen molar-refractivity contribution in [1.82, 2.24) is 9.88 Å². The molecule has 2 N–H and O–H groups in total. The van der Waals surface area contributed by atoms with Gasteiger partial charge in [-0.05, 0) is 37.0 Å². The topological polar surface area (TPSA) is 101 Å². The number of carbonyl (C=O) groups excluding carboxylic acids is 3. The Morgan fingerprint density at radius 3 is 2.61 bits per heavy atom. The Balaban J connectivity index is 1.31. The third-order valence-electron chi connectivity index (χ3n) is 5.95. The highest BCUT2D eigenvalue weighted by molar-refractivity contribution is 7.14. The molecule has 36 heavy (non-hydrogen) atoms. The second-order valence-corrected chi connectivity index (χ2v) is 9.51. The van der Waals surface area contributed by atoms with E-state index in [9.17, 15) is 14.4 Å². The molecule has 1 atom stereocenters. The number of ether oxygens (including phenoxy) is 1. The molecule has 0 saturated carbocycles. The van der Waals surface area contributed by atoms with Gasteiger partial charge in [0, 0.05) is 29.6 Å². The van der Waals surface area contributed by atoms with E-state index in [-0.39, 0.29) is 18.4 Å². The van der Waals surface area contributed by atoms with Gasteiger partial charge in [0.2, 0.25) is 11.8 Å². The fourth-order valence-electron chi connectivity index (χ4n) is 4.00. The minimum atomic E-state index is -0.587. The first kappa shape index (κ1) is 25.4. The van der Waals surface area contributed by atoms with E-state index in [0.29, 0.717) is 24.5 Å². The Kier molecular flexibility index (Phi) is 8.67. The first-order valence-electron chi connectivity index (χ1n) is 12.2. The van der Waals surface area contributed by atoms with Crippen LogP contribution in [0.2, 0.25) is 0 Å². The normalized spacial score (nSPS) is 14.9. The van der Waals surface area contributed by atoms with E-state index in [4.69, 9.17) is 4.74 Å². The van der Waals surface area contributed by atoms with E-state index < -0.39 is 12.1 Å². The lowest BCUT2D eigenvalue weighted by molar-refractivity contribution is -0.120. The van der Waals surface area contributed by atoms with Crippen molar-refractivity contribution in [2.24, 2.45) is 0 Å². The van der Waals surface area contributed by atoms with Crippen LogP contribution >= 0.6 is 11.3 Å². The summed E-state index contributed by atoms with van der Waals surface area (Å²) in [5, 5.41) is 8.08. The number of aromatic nitrogens is 1. The van der Waals surface area contributed by atoms with E-state index in [1.165, 1.54) is 16.2 Å². The van der Waals surface area contributed by atoms with Crippen LogP contribution in [0.4, 0.5) is 15.6 Å². The van der Waals surface area contributed by atoms with E-state index in [1.54, 1.807) is 0 Å². The predicted octanol–water partition coefficient (Wildman–Crippen LogP) is 5.68. The molecule has 1 saturated heterocycles. The molecule has 3 amide bonds. The quantitative estimate of drug-likeness (QED) is 0.389.